The van der Waals surface area contributed by atoms with E-state index in [1.807, 2.05) is 19.3 Å². The lowest BCUT2D eigenvalue weighted by Crippen LogP contribution is -2.23. The summed E-state index contributed by atoms with van der Waals surface area (Å²) in [5, 5.41) is 3.15. The van der Waals surface area contributed by atoms with E-state index in [9.17, 15) is 0 Å². The highest BCUT2D eigenvalue weighted by atomic mass is 15.1. The molecule has 2 nitrogen and oxygen atoms in total. The van der Waals surface area contributed by atoms with Crippen LogP contribution in [-0.2, 0) is 0 Å². The topological polar surface area (TPSA) is 24.4 Å². The first-order valence-electron chi connectivity index (χ1n) is 3.69. The van der Waals surface area contributed by atoms with Crippen molar-refractivity contribution in [3.8, 4) is 0 Å². The SMILES string of the molecule is CC1N=CC(C(C)C)=CN1. The average Bonchev–Trinajstić information content (AvgIpc) is 1.88. The van der Waals surface area contributed by atoms with Gasteiger partial charge in [-0.1, -0.05) is 13.8 Å². The third-order valence-electron chi connectivity index (χ3n) is 1.61. The predicted molar refractivity (Wildman–Crippen MR) is 44.0 cm³/mol. The van der Waals surface area contributed by atoms with Gasteiger partial charge < -0.3 is 5.32 Å². The van der Waals surface area contributed by atoms with Crippen LogP contribution in [0.2, 0.25) is 0 Å². The van der Waals surface area contributed by atoms with Crippen LogP contribution in [0.4, 0.5) is 0 Å². The summed E-state index contributed by atoms with van der Waals surface area (Å²) in [5.41, 5.74) is 1.28. The van der Waals surface area contributed by atoms with Crippen molar-refractivity contribution in [1.82, 2.24) is 5.32 Å². The second-order valence-corrected chi connectivity index (χ2v) is 2.92. The molecule has 10 heavy (non-hydrogen) atoms. The molecule has 0 amide bonds. The predicted octanol–water partition coefficient (Wildman–Crippen LogP) is 1.55. The molecule has 56 valence electrons. The van der Waals surface area contributed by atoms with Crippen LogP contribution in [0.15, 0.2) is 16.8 Å². The Bertz CT molecular complexity index is 168. The van der Waals surface area contributed by atoms with Crippen LogP contribution in [0, 0.1) is 5.92 Å². The molecule has 0 saturated heterocycles. The zero-order valence-electron chi connectivity index (χ0n) is 6.76. The van der Waals surface area contributed by atoms with Crippen molar-refractivity contribution in [2.75, 3.05) is 0 Å². The Morgan fingerprint density at radius 1 is 1.60 bits per heavy atom. The summed E-state index contributed by atoms with van der Waals surface area (Å²) in [6.07, 6.45) is 4.25. The molecule has 1 aliphatic rings. The van der Waals surface area contributed by atoms with Gasteiger partial charge in [-0.2, -0.15) is 0 Å². The van der Waals surface area contributed by atoms with E-state index in [1.54, 1.807) is 0 Å². The Kier molecular flexibility index (Phi) is 2.10. The maximum atomic E-state index is 4.23. The van der Waals surface area contributed by atoms with Crippen LogP contribution in [-0.4, -0.2) is 12.4 Å². The van der Waals surface area contributed by atoms with Gasteiger partial charge in [0.2, 0.25) is 0 Å². The highest BCUT2D eigenvalue weighted by Gasteiger charge is 2.05. The largest absolute Gasteiger partial charge is 0.370 e. The minimum Gasteiger partial charge on any atom is -0.370 e. The lowest BCUT2D eigenvalue weighted by Gasteiger charge is -2.15. The van der Waals surface area contributed by atoms with Gasteiger partial charge in [-0.15, -0.1) is 0 Å². The number of hydrogen-bond donors (Lipinski definition) is 1. The fourth-order valence-electron chi connectivity index (χ4n) is 0.811. The van der Waals surface area contributed by atoms with E-state index in [4.69, 9.17) is 0 Å². The van der Waals surface area contributed by atoms with Crippen molar-refractivity contribution in [1.29, 1.82) is 0 Å². The normalized spacial score (nSPS) is 24.4. The van der Waals surface area contributed by atoms with Crippen molar-refractivity contribution in [3.63, 3.8) is 0 Å². The first kappa shape index (κ1) is 7.32. The summed E-state index contributed by atoms with van der Waals surface area (Å²) < 4.78 is 0. The van der Waals surface area contributed by atoms with E-state index in [2.05, 4.69) is 24.2 Å². The molecular weight excluding hydrogens is 124 g/mol. The Morgan fingerprint density at radius 2 is 2.30 bits per heavy atom. The van der Waals surface area contributed by atoms with E-state index >= 15 is 0 Å². The molecule has 1 atom stereocenters. The molecule has 0 aromatic carbocycles. The van der Waals surface area contributed by atoms with Crippen molar-refractivity contribution in [2.45, 2.75) is 26.9 Å². The van der Waals surface area contributed by atoms with Gasteiger partial charge in [-0.3, -0.25) is 4.99 Å². The third kappa shape index (κ3) is 1.59. The van der Waals surface area contributed by atoms with Gasteiger partial charge in [0.05, 0.1) is 0 Å². The highest BCUT2D eigenvalue weighted by molar-refractivity contribution is 5.79. The lowest BCUT2D eigenvalue weighted by molar-refractivity contribution is 0.648. The van der Waals surface area contributed by atoms with Crippen LogP contribution in [0.3, 0.4) is 0 Å². The quantitative estimate of drug-likeness (QED) is 0.584. The summed E-state index contributed by atoms with van der Waals surface area (Å²) >= 11 is 0. The van der Waals surface area contributed by atoms with E-state index in [-0.39, 0.29) is 6.17 Å². The molecule has 2 heteroatoms. The van der Waals surface area contributed by atoms with Crippen LogP contribution in [0.1, 0.15) is 20.8 Å². The summed E-state index contributed by atoms with van der Waals surface area (Å²) in [4.78, 5) is 4.23. The zero-order valence-corrected chi connectivity index (χ0v) is 6.76. The maximum absolute atomic E-state index is 4.23. The summed E-state index contributed by atoms with van der Waals surface area (Å²) in [6.45, 7) is 6.36. The van der Waals surface area contributed by atoms with Crippen molar-refractivity contribution >= 4 is 6.21 Å². The van der Waals surface area contributed by atoms with E-state index in [0.717, 1.165) is 0 Å². The summed E-state index contributed by atoms with van der Waals surface area (Å²) in [5.74, 6) is 0.573. The number of nitrogens with one attached hydrogen (secondary N) is 1. The Balaban J connectivity index is 2.59. The lowest BCUT2D eigenvalue weighted by atomic mass is 10.1. The second kappa shape index (κ2) is 2.86. The monoisotopic (exact) mass is 138 g/mol. The fraction of sp³-hybridized carbons (Fsp3) is 0.625. The van der Waals surface area contributed by atoms with Crippen LogP contribution in [0.25, 0.3) is 0 Å². The zero-order chi connectivity index (χ0) is 7.56. The number of aliphatic imine (C=N–C) groups is 1. The molecule has 1 aliphatic heterocycles. The van der Waals surface area contributed by atoms with Gasteiger partial charge in [0.25, 0.3) is 0 Å². The molecule has 0 radical (unpaired) electrons. The van der Waals surface area contributed by atoms with Crippen LogP contribution < -0.4 is 5.32 Å². The van der Waals surface area contributed by atoms with Crippen molar-refractivity contribution < 1.29 is 0 Å². The molecular formula is C8H14N2. The molecule has 0 fully saturated rings. The van der Waals surface area contributed by atoms with E-state index in [0.29, 0.717) is 5.92 Å². The van der Waals surface area contributed by atoms with Gasteiger partial charge in [0.1, 0.15) is 6.17 Å². The first-order valence-corrected chi connectivity index (χ1v) is 3.69. The van der Waals surface area contributed by atoms with E-state index in [1.165, 1.54) is 5.57 Å². The Hall–Kier alpha value is -0.790. The molecule has 0 aromatic heterocycles. The molecule has 1 unspecified atom stereocenters. The summed E-state index contributed by atoms with van der Waals surface area (Å²) in [6, 6.07) is 0. The minimum absolute atomic E-state index is 0.252. The number of nitrogens with zero attached hydrogens (tertiary/aromatic N) is 1. The molecule has 0 bridgehead atoms. The molecule has 0 spiro atoms. The number of rotatable bonds is 1. The van der Waals surface area contributed by atoms with Gasteiger partial charge in [-0.25, -0.2) is 0 Å². The molecule has 1 N–H and O–H groups in total. The number of hydrogen-bond acceptors (Lipinski definition) is 2. The van der Waals surface area contributed by atoms with Gasteiger partial charge in [0.15, 0.2) is 0 Å². The Morgan fingerprint density at radius 3 is 2.70 bits per heavy atom. The molecule has 0 aromatic rings. The first-order chi connectivity index (χ1) is 4.70. The fourth-order valence-corrected chi connectivity index (χ4v) is 0.811. The Labute approximate surface area is 62.0 Å². The molecule has 0 aliphatic carbocycles. The van der Waals surface area contributed by atoms with Crippen LogP contribution >= 0.6 is 0 Å². The van der Waals surface area contributed by atoms with Crippen LogP contribution in [0.5, 0.6) is 0 Å². The maximum Gasteiger partial charge on any atom is 0.115 e. The molecule has 1 rings (SSSR count). The van der Waals surface area contributed by atoms with Crippen molar-refractivity contribution in [3.05, 3.63) is 11.8 Å². The highest BCUT2D eigenvalue weighted by Crippen LogP contribution is 2.08. The van der Waals surface area contributed by atoms with Crippen molar-refractivity contribution in [2.24, 2.45) is 10.9 Å². The minimum atomic E-state index is 0.252. The summed E-state index contributed by atoms with van der Waals surface area (Å²) in [7, 11) is 0. The molecule has 1 heterocycles. The van der Waals surface area contributed by atoms with Gasteiger partial charge >= 0.3 is 0 Å². The van der Waals surface area contributed by atoms with Gasteiger partial charge in [-0.05, 0) is 18.4 Å². The standard InChI is InChI=1S/C8H14N2/c1-6(2)8-4-9-7(3)10-5-8/h4-7,9H,1-3H3. The van der Waals surface area contributed by atoms with E-state index < -0.39 is 0 Å². The number of allylic oxidation sites excluding steroid dienone is 1. The molecule has 0 saturated carbocycles. The smallest absolute Gasteiger partial charge is 0.115 e. The second-order valence-electron chi connectivity index (χ2n) is 2.92. The average molecular weight is 138 g/mol. The van der Waals surface area contributed by atoms with Gasteiger partial charge in [0, 0.05) is 12.4 Å². The third-order valence-corrected chi connectivity index (χ3v) is 1.61.